The minimum Gasteiger partial charge on any atom is -0.504 e. The van der Waals surface area contributed by atoms with Crippen LogP contribution in [0.25, 0.3) is 10.9 Å². The molecule has 2 N–H and O–H groups in total. The number of carbonyl (C=O) groups excluding carboxylic acids is 1. The summed E-state index contributed by atoms with van der Waals surface area (Å²) in [6.45, 7) is 1.97. The number of hydrogen-bond donors (Lipinski definition) is 2. The van der Waals surface area contributed by atoms with Crippen LogP contribution in [-0.4, -0.2) is 21.0 Å². The normalized spacial score (nSPS) is 10.5. The predicted octanol–water partition coefficient (Wildman–Crippen LogP) is 2.90. The van der Waals surface area contributed by atoms with Crippen LogP contribution in [0.2, 0.25) is 0 Å². The Morgan fingerprint density at radius 2 is 1.90 bits per heavy atom. The molecule has 2 aromatic heterocycles. The van der Waals surface area contributed by atoms with Crippen LogP contribution < -0.4 is 5.32 Å². The topological polar surface area (TPSA) is 75.1 Å². The lowest BCUT2D eigenvalue weighted by Gasteiger charge is -2.07. The molecule has 0 aliphatic carbocycles. The molecule has 0 radical (unpaired) electrons. The number of pyridine rings is 2. The van der Waals surface area contributed by atoms with Crippen molar-refractivity contribution in [2.45, 2.75) is 6.92 Å². The molecule has 0 spiro atoms. The summed E-state index contributed by atoms with van der Waals surface area (Å²) < 4.78 is 0. The zero-order valence-electron chi connectivity index (χ0n) is 11.4. The number of nitrogens with zero attached hydrogens (tertiary/aromatic N) is 2. The van der Waals surface area contributed by atoms with Crippen molar-refractivity contribution in [3.05, 3.63) is 60.0 Å². The lowest BCUT2D eigenvalue weighted by atomic mass is 10.2. The summed E-state index contributed by atoms with van der Waals surface area (Å²) >= 11 is 0. The van der Waals surface area contributed by atoms with Gasteiger partial charge in [-0.3, -0.25) is 9.78 Å². The first-order valence-electron chi connectivity index (χ1n) is 6.46. The van der Waals surface area contributed by atoms with Crippen molar-refractivity contribution in [2.24, 2.45) is 0 Å². The molecular formula is C16H13N3O2. The summed E-state index contributed by atoms with van der Waals surface area (Å²) in [6, 6.07) is 10.9. The fourth-order valence-electron chi connectivity index (χ4n) is 2.02. The van der Waals surface area contributed by atoms with E-state index in [9.17, 15) is 9.90 Å². The second-order valence-electron chi connectivity index (χ2n) is 4.72. The molecule has 0 bridgehead atoms. The summed E-state index contributed by atoms with van der Waals surface area (Å²) in [6.07, 6.45) is 3.08. The molecule has 0 saturated heterocycles. The van der Waals surface area contributed by atoms with Gasteiger partial charge in [-0.05, 0) is 31.2 Å². The molecule has 21 heavy (non-hydrogen) atoms. The van der Waals surface area contributed by atoms with E-state index in [0.29, 0.717) is 16.6 Å². The van der Waals surface area contributed by atoms with Crippen LogP contribution in [0.3, 0.4) is 0 Å². The van der Waals surface area contributed by atoms with Crippen LogP contribution in [0.4, 0.5) is 5.69 Å². The molecule has 5 nitrogen and oxygen atoms in total. The average molecular weight is 279 g/mol. The van der Waals surface area contributed by atoms with E-state index in [1.54, 1.807) is 30.5 Å². The van der Waals surface area contributed by atoms with Gasteiger partial charge >= 0.3 is 0 Å². The molecule has 3 rings (SSSR count). The minimum absolute atomic E-state index is 0.0400. The fraction of sp³-hybridized carbons (Fsp3) is 0.0625. The van der Waals surface area contributed by atoms with Crippen LogP contribution in [0, 0.1) is 6.92 Å². The number of carbonyl (C=O) groups is 1. The Balaban J connectivity index is 1.94. The summed E-state index contributed by atoms with van der Waals surface area (Å²) in [4.78, 5) is 20.3. The Hall–Kier alpha value is -2.95. The van der Waals surface area contributed by atoms with Crippen LogP contribution in [-0.2, 0) is 0 Å². The maximum Gasteiger partial charge on any atom is 0.278 e. The van der Waals surface area contributed by atoms with Gasteiger partial charge in [-0.15, -0.1) is 0 Å². The number of fused-ring (bicyclic) bond motifs is 1. The van der Waals surface area contributed by atoms with Gasteiger partial charge in [0.2, 0.25) is 0 Å². The van der Waals surface area contributed by atoms with Crippen molar-refractivity contribution in [2.75, 3.05) is 5.32 Å². The highest BCUT2D eigenvalue weighted by atomic mass is 16.3. The summed E-state index contributed by atoms with van der Waals surface area (Å²) in [7, 11) is 0. The second kappa shape index (κ2) is 5.20. The van der Waals surface area contributed by atoms with E-state index in [0.717, 1.165) is 5.56 Å². The van der Waals surface area contributed by atoms with Gasteiger partial charge in [0.05, 0.1) is 0 Å². The van der Waals surface area contributed by atoms with E-state index in [1.807, 2.05) is 19.1 Å². The van der Waals surface area contributed by atoms with E-state index in [4.69, 9.17) is 0 Å². The largest absolute Gasteiger partial charge is 0.504 e. The Kier molecular flexibility index (Phi) is 3.23. The van der Waals surface area contributed by atoms with Crippen molar-refractivity contribution < 1.29 is 9.90 Å². The standard InChI is InChI=1S/C16H13N3O2/c1-10-4-6-12(7-5-10)19-16(21)14-15(20)13-11(9-18-14)3-2-8-17-13/h2-9,20H,1H3,(H,19,21). The molecule has 104 valence electrons. The average Bonchev–Trinajstić information content (AvgIpc) is 2.50. The Labute approximate surface area is 121 Å². The predicted molar refractivity (Wildman–Crippen MR) is 80.3 cm³/mol. The summed E-state index contributed by atoms with van der Waals surface area (Å²) in [5.41, 5.74) is 2.07. The molecule has 0 aliphatic heterocycles. The third-order valence-corrected chi connectivity index (χ3v) is 3.14. The Morgan fingerprint density at radius 3 is 2.67 bits per heavy atom. The Morgan fingerprint density at radius 1 is 1.14 bits per heavy atom. The van der Waals surface area contributed by atoms with Gasteiger partial charge in [0, 0.05) is 23.5 Å². The zero-order chi connectivity index (χ0) is 14.8. The molecule has 3 aromatic rings. The van der Waals surface area contributed by atoms with Gasteiger partial charge in [0.1, 0.15) is 5.52 Å². The SMILES string of the molecule is Cc1ccc(NC(=O)c2ncc3cccnc3c2O)cc1. The van der Waals surface area contributed by atoms with E-state index in [2.05, 4.69) is 15.3 Å². The smallest absolute Gasteiger partial charge is 0.278 e. The van der Waals surface area contributed by atoms with Crippen LogP contribution in [0.15, 0.2) is 48.8 Å². The maximum absolute atomic E-state index is 12.2. The zero-order valence-corrected chi connectivity index (χ0v) is 11.4. The summed E-state index contributed by atoms with van der Waals surface area (Å²) in [5, 5.41) is 13.5. The number of hydrogen-bond acceptors (Lipinski definition) is 4. The van der Waals surface area contributed by atoms with Crippen molar-refractivity contribution in [3.8, 4) is 5.75 Å². The number of rotatable bonds is 2. The molecule has 5 heteroatoms. The monoisotopic (exact) mass is 279 g/mol. The number of benzene rings is 1. The first kappa shape index (κ1) is 13.1. The van der Waals surface area contributed by atoms with Gasteiger partial charge in [0.25, 0.3) is 5.91 Å². The first-order chi connectivity index (χ1) is 10.1. The van der Waals surface area contributed by atoms with E-state index in [-0.39, 0.29) is 11.4 Å². The lowest BCUT2D eigenvalue weighted by Crippen LogP contribution is -2.14. The van der Waals surface area contributed by atoms with Gasteiger partial charge in [-0.2, -0.15) is 0 Å². The highest BCUT2D eigenvalue weighted by Crippen LogP contribution is 2.25. The maximum atomic E-state index is 12.2. The number of amides is 1. The third kappa shape index (κ3) is 2.53. The van der Waals surface area contributed by atoms with Crippen molar-refractivity contribution in [1.82, 2.24) is 9.97 Å². The molecule has 0 atom stereocenters. The third-order valence-electron chi connectivity index (χ3n) is 3.14. The molecule has 0 unspecified atom stereocenters. The van der Waals surface area contributed by atoms with Crippen molar-refractivity contribution in [3.63, 3.8) is 0 Å². The molecule has 0 fully saturated rings. The number of aromatic nitrogens is 2. The van der Waals surface area contributed by atoms with Gasteiger partial charge in [-0.25, -0.2) is 4.98 Å². The number of aryl methyl sites for hydroxylation is 1. The van der Waals surface area contributed by atoms with Crippen LogP contribution in [0.5, 0.6) is 5.75 Å². The van der Waals surface area contributed by atoms with Crippen molar-refractivity contribution in [1.29, 1.82) is 0 Å². The molecule has 1 amide bonds. The molecule has 0 aliphatic rings. The van der Waals surface area contributed by atoms with Gasteiger partial charge in [0.15, 0.2) is 11.4 Å². The van der Waals surface area contributed by atoms with Crippen molar-refractivity contribution >= 4 is 22.5 Å². The number of aromatic hydroxyl groups is 1. The highest BCUT2D eigenvalue weighted by Gasteiger charge is 2.16. The lowest BCUT2D eigenvalue weighted by molar-refractivity contribution is 0.102. The van der Waals surface area contributed by atoms with E-state index in [1.165, 1.54) is 6.20 Å². The quantitative estimate of drug-likeness (QED) is 0.756. The fourth-order valence-corrected chi connectivity index (χ4v) is 2.02. The van der Waals surface area contributed by atoms with Crippen LogP contribution >= 0.6 is 0 Å². The van der Waals surface area contributed by atoms with E-state index >= 15 is 0 Å². The number of nitrogens with one attached hydrogen (secondary N) is 1. The highest BCUT2D eigenvalue weighted by molar-refractivity contribution is 6.07. The molecule has 2 heterocycles. The van der Waals surface area contributed by atoms with Gasteiger partial charge in [-0.1, -0.05) is 17.7 Å². The van der Waals surface area contributed by atoms with Crippen LogP contribution in [0.1, 0.15) is 16.1 Å². The van der Waals surface area contributed by atoms with E-state index < -0.39 is 5.91 Å². The molecular weight excluding hydrogens is 266 g/mol. The molecule has 0 saturated carbocycles. The van der Waals surface area contributed by atoms with Gasteiger partial charge < -0.3 is 10.4 Å². The molecule has 1 aromatic carbocycles. The first-order valence-corrected chi connectivity index (χ1v) is 6.46. The minimum atomic E-state index is -0.469. The number of anilines is 1. The second-order valence-corrected chi connectivity index (χ2v) is 4.72. The summed E-state index contributed by atoms with van der Waals surface area (Å²) in [5.74, 6) is -0.679. The Bertz CT molecular complexity index is 813.